The summed E-state index contributed by atoms with van der Waals surface area (Å²) in [7, 11) is -1.67. The molecule has 4 saturated carbocycles. The molecule has 17 heteroatoms. The zero-order valence-electron chi connectivity index (χ0n) is 28.0. The summed E-state index contributed by atoms with van der Waals surface area (Å²) in [6, 6.07) is 11.8. The summed E-state index contributed by atoms with van der Waals surface area (Å²) < 4.78 is 45.7. The molecule has 8 rings (SSSR count). The van der Waals surface area contributed by atoms with E-state index in [0.29, 0.717) is 34.6 Å². The van der Waals surface area contributed by atoms with Crippen LogP contribution in [-0.4, -0.2) is 44.1 Å². The average molecular weight is 756 g/mol. The number of nitrogens with one attached hydrogen (secondary N) is 1. The Balaban J connectivity index is 1.15. The van der Waals surface area contributed by atoms with E-state index in [9.17, 15) is 33.4 Å². The molecule has 1 heterocycles. The van der Waals surface area contributed by atoms with Gasteiger partial charge in [-0.25, -0.2) is 18.1 Å². The van der Waals surface area contributed by atoms with E-state index in [1.807, 2.05) is 0 Å². The van der Waals surface area contributed by atoms with Gasteiger partial charge < -0.3 is 14.2 Å². The third-order valence-corrected chi connectivity index (χ3v) is 12.6. The van der Waals surface area contributed by atoms with Gasteiger partial charge in [0.1, 0.15) is 12.4 Å². The van der Waals surface area contributed by atoms with E-state index in [-0.39, 0.29) is 34.9 Å². The van der Waals surface area contributed by atoms with E-state index < -0.39 is 53.5 Å². The monoisotopic (exact) mass is 755 g/mol. The second-order valence-electron chi connectivity index (χ2n) is 13.5. The number of non-ortho nitro benzene ring substituents is 1. The van der Waals surface area contributed by atoms with Crippen LogP contribution in [0.5, 0.6) is 5.75 Å². The predicted molar refractivity (Wildman–Crippen MR) is 184 cm³/mol. The Morgan fingerprint density at radius 1 is 0.962 bits per heavy atom. The van der Waals surface area contributed by atoms with Crippen molar-refractivity contribution in [3.8, 4) is 5.75 Å². The highest BCUT2D eigenvalue weighted by atomic mass is 35.5. The minimum Gasteiger partial charge on any atom is -0.487 e. The molecular weight excluding hydrogens is 722 g/mol. The second-order valence-corrected chi connectivity index (χ2v) is 15.6. The summed E-state index contributed by atoms with van der Waals surface area (Å²) in [4.78, 5) is 44.1. The Kier molecular flexibility index (Phi) is 9.23. The van der Waals surface area contributed by atoms with Crippen LogP contribution in [0.3, 0.4) is 0 Å². The van der Waals surface area contributed by atoms with E-state index in [2.05, 4.69) is 4.72 Å². The van der Waals surface area contributed by atoms with Gasteiger partial charge in [-0.1, -0.05) is 35.9 Å². The molecule has 1 atom stereocenters. The number of hydrogen-bond acceptors (Lipinski definition) is 12. The summed E-state index contributed by atoms with van der Waals surface area (Å²) in [6.07, 6.45) is 8.11. The number of halogens is 1. The van der Waals surface area contributed by atoms with Crippen LogP contribution in [0.15, 0.2) is 65.6 Å². The van der Waals surface area contributed by atoms with E-state index in [1.54, 1.807) is 31.4 Å². The fraction of sp³-hybridized carbons (Fsp3) is 0.400. The number of sulfonamides is 1. The van der Waals surface area contributed by atoms with E-state index in [1.165, 1.54) is 37.8 Å². The van der Waals surface area contributed by atoms with Crippen molar-refractivity contribution in [1.82, 2.24) is 0 Å². The number of hydrogen-bond donors (Lipinski definition) is 1. The smallest absolute Gasteiger partial charge is 0.330 e. The van der Waals surface area contributed by atoms with Crippen LogP contribution in [0.4, 0.5) is 17.1 Å². The molecule has 274 valence electrons. The highest BCUT2D eigenvalue weighted by molar-refractivity contribution is 7.92. The first-order valence-electron chi connectivity index (χ1n) is 16.5. The number of nitro groups is 2. The number of carbonyl (C=O) groups excluding carboxylic acids is 1. The number of rotatable bonds is 12. The maximum absolute atomic E-state index is 13.1. The Bertz CT molecular complexity index is 2060. The maximum Gasteiger partial charge on any atom is 0.330 e. The van der Waals surface area contributed by atoms with Gasteiger partial charge in [0.2, 0.25) is 0 Å². The van der Waals surface area contributed by atoms with Crippen molar-refractivity contribution in [3.05, 3.63) is 103 Å². The van der Waals surface area contributed by atoms with Crippen molar-refractivity contribution in [2.24, 2.45) is 23.7 Å². The van der Waals surface area contributed by atoms with Crippen molar-refractivity contribution < 1.29 is 47.0 Å². The van der Waals surface area contributed by atoms with Crippen molar-refractivity contribution >= 4 is 50.7 Å². The number of benzene rings is 3. The second kappa shape index (κ2) is 13.4. The quantitative estimate of drug-likeness (QED) is 0.0678. The van der Waals surface area contributed by atoms with Gasteiger partial charge in [-0.3, -0.25) is 25.0 Å². The molecule has 1 spiro atoms. The summed E-state index contributed by atoms with van der Waals surface area (Å²) in [5.41, 5.74) is -0.602. The highest BCUT2D eigenvalue weighted by Gasteiger charge is 2.77. The number of methoxy groups -OCH3 is 2. The minimum absolute atomic E-state index is 0.0415. The van der Waals surface area contributed by atoms with Crippen LogP contribution in [-0.2, 0) is 46.5 Å². The number of anilines is 1. The van der Waals surface area contributed by atoms with Crippen molar-refractivity contribution in [2.75, 3.05) is 18.9 Å². The number of nitrogens with zero attached hydrogens (tertiary/aromatic N) is 2. The Labute approximate surface area is 303 Å². The summed E-state index contributed by atoms with van der Waals surface area (Å²) >= 11 is 7.17. The molecular formula is C35H34ClN3O12S. The molecule has 1 aliphatic heterocycles. The van der Waals surface area contributed by atoms with Gasteiger partial charge >= 0.3 is 5.97 Å². The zero-order chi connectivity index (χ0) is 37.0. The van der Waals surface area contributed by atoms with Gasteiger partial charge in [0.15, 0.2) is 10.5 Å². The fourth-order valence-corrected chi connectivity index (χ4v) is 10.2. The molecule has 0 amide bonds. The zero-order valence-corrected chi connectivity index (χ0v) is 29.6. The maximum atomic E-state index is 13.1. The molecule has 4 bridgehead atoms. The van der Waals surface area contributed by atoms with Gasteiger partial charge in [-0.05, 0) is 85.6 Å². The lowest BCUT2D eigenvalue weighted by molar-refractivity contribution is -0.645. The first-order valence-corrected chi connectivity index (χ1v) is 18.4. The van der Waals surface area contributed by atoms with Gasteiger partial charge in [-0.15, -0.1) is 0 Å². The third kappa shape index (κ3) is 5.87. The minimum atomic E-state index is -4.51. The molecule has 0 aromatic heterocycles. The van der Waals surface area contributed by atoms with Crippen LogP contribution >= 0.6 is 11.6 Å². The van der Waals surface area contributed by atoms with E-state index in [0.717, 1.165) is 37.8 Å². The Morgan fingerprint density at radius 3 is 2.19 bits per heavy atom. The largest absolute Gasteiger partial charge is 0.487 e. The number of carbonyl (C=O) groups is 1. The molecule has 15 nitrogen and oxygen atoms in total. The summed E-state index contributed by atoms with van der Waals surface area (Å²) in [5.74, 6) is 0.163. The molecule has 5 aliphatic rings. The molecule has 1 N–H and O–H groups in total. The Morgan fingerprint density at radius 2 is 1.63 bits per heavy atom. The molecule has 5 fully saturated rings. The molecule has 4 aliphatic carbocycles. The number of ether oxygens (including phenoxy) is 3. The van der Waals surface area contributed by atoms with Crippen molar-refractivity contribution in [1.29, 1.82) is 0 Å². The number of esters is 1. The molecule has 3 aromatic carbocycles. The van der Waals surface area contributed by atoms with Gasteiger partial charge in [0.05, 0.1) is 28.0 Å². The third-order valence-electron chi connectivity index (χ3n) is 10.8. The van der Waals surface area contributed by atoms with Crippen LogP contribution in [0.2, 0.25) is 5.02 Å². The fourth-order valence-electron chi connectivity index (χ4n) is 8.68. The summed E-state index contributed by atoms with van der Waals surface area (Å²) in [5, 5.41) is 22.8. The molecule has 1 unspecified atom stereocenters. The standard InChI is InChI=1S/C35H34ClN3O12S/c1-47-31(40)12-6-23-5-10-28(35(48-2)34(50-51-35)24-14-21-13-22(16-24)17-25(34)15-21)32(36)33(23)49-19-20-3-7-26(8-4-20)37-52(45,46)30-11-9-27(38(41)42)18-29(30)39(43)44/h3-12,18,21-22,24-25,37H,13-17,19H2,1-2H3/b12-6+. The average Bonchev–Trinajstić information content (AvgIpc) is 3.10. The van der Waals surface area contributed by atoms with Crippen LogP contribution in [0.25, 0.3) is 6.08 Å². The topological polar surface area (TPSA) is 196 Å². The van der Waals surface area contributed by atoms with Crippen molar-refractivity contribution in [3.63, 3.8) is 0 Å². The predicted octanol–water partition coefficient (Wildman–Crippen LogP) is 6.68. The lowest BCUT2D eigenvalue weighted by atomic mass is 9.47. The first kappa shape index (κ1) is 35.8. The van der Waals surface area contributed by atoms with Crippen LogP contribution in [0.1, 0.15) is 48.8 Å². The normalized spacial score (nSPS) is 27.4. The lowest BCUT2D eigenvalue weighted by Crippen LogP contribution is -2.76. The highest BCUT2D eigenvalue weighted by Crippen LogP contribution is 2.70. The van der Waals surface area contributed by atoms with Crippen LogP contribution in [0, 0.1) is 43.9 Å². The van der Waals surface area contributed by atoms with Crippen molar-refractivity contribution in [2.45, 2.75) is 55.0 Å². The van der Waals surface area contributed by atoms with Gasteiger partial charge in [0, 0.05) is 36.1 Å². The summed E-state index contributed by atoms with van der Waals surface area (Å²) in [6.45, 7) is -0.0415. The van der Waals surface area contributed by atoms with Crippen LogP contribution < -0.4 is 9.46 Å². The lowest BCUT2D eigenvalue weighted by Gasteiger charge is -2.68. The molecule has 1 saturated heterocycles. The Hall–Kier alpha value is -4.61. The molecule has 0 radical (unpaired) electrons. The first-order chi connectivity index (χ1) is 24.8. The SMILES string of the molecule is COC(=O)/C=C/c1ccc(C2(OC)OOC23C2CC4CC(C2)CC3C4)c(Cl)c1OCc1ccc(NS(=O)(=O)c2ccc([N+](=O)[O-])cc2[N+](=O)[O-])cc1. The van der Waals surface area contributed by atoms with E-state index >= 15 is 0 Å². The molecule has 52 heavy (non-hydrogen) atoms. The molecule has 3 aromatic rings. The van der Waals surface area contributed by atoms with Gasteiger partial charge in [-0.2, -0.15) is 4.89 Å². The van der Waals surface area contributed by atoms with E-state index in [4.69, 9.17) is 35.6 Å². The number of nitro benzene ring substituents is 2. The van der Waals surface area contributed by atoms with Gasteiger partial charge in [0.25, 0.3) is 27.2 Å².